The van der Waals surface area contributed by atoms with Crippen molar-refractivity contribution in [3.05, 3.63) is 42.0 Å². The fourth-order valence-corrected chi connectivity index (χ4v) is 2.46. The van der Waals surface area contributed by atoms with E-state index in [2.05, 4.69) is 5.32 Å². The Labute approximate surface area is 145 Å². The van der Waals surface area contributed by atoms with Gasteiger partial charge in [0.15, 0.2) is 11.5 Å². The van der Waals surface area contributed by atoms with E-state index in [1.807, 2.05) is 0 Å². The molecule has 0 fully saturated rings. The molecule has 0 atom stereocenters. The Bertz CT molecular complexity index is 739. The van der Waals surface area contributed by atoms with Gasteiger partial charge in [-0.3, -0.25) is 4.79 Å². The van der Waals surface area contributed by atoms with Crippen LogP contribution in [0.4, 0.5) is 0 Å². The van der Waals surface area contributed by atoms with Crippen molar-refractivity contribution in [1.82, 2.24) is 5.32 Å². The summed E-state index contributed by atoms with van der Waals surface area (Å²) >= 11 is 0. The third kappa shape index (κ3) is 3.71. The van der Waals surface area contributed by atoms with Crippen molar-refractivity contribution in [2.75, 3.05) is 34.2 Å². The van der Waals surface area contributed by atoms with E-state index in [0.717, 1.165) is 0 Å². The molecule has 1 amide bonds. The molecule has 132 valence electrons. The van der Waals surface area contributed by atoms with Gasteiger partial charge in [0.05, 0.1) is 20.8 Å². The number of carbonyl (C=O) groups is 1. The molecule has 25 heavy (non-hydrogen) atoms. The second-order valence-electron chi connectivity index (χ2n) is 5.16. The van der Waals surface area contributed by atoms with Gasteiger partial charge in [-0.25, -0.2) is 0 Å². The standard InChI is InChI=1S/C18H19NO6/c1-21-14-4-3-5-15(22-2)17(14)18(20)19-8-9-23-12-6-7-13-16(10-12)25-11-24-13/h3-7,10H,8-9,11H2,1-2H3,(H,19,20). The molecule has 0 saturated heterocycles. The summed E-state index contributed by atoms with van der Waals surface area (Å²) in [4.78, 5) is 12.4. The summed E-state index contributed by atoms with van der Waals surface area (Å²) in [5.74, 6) is 2.61. The van der Waals surface area contributed by atoms with Gasteiger partial charge in [-0.2, -0.15) is 0 Å². The van der Waals surface area contributed by atoms with Crippen molar-refractivity contribution in [3.63, 3.8) is 0 Å². The lowest BCUT2D eigenvalue weighted by molar-refractivity contribution is 0.0940. The number of ether oxygens (including phenoxy) is 5. The molecule has 0 aromatic heterocycles. The first-order valence-electron chi connectivity index (χ1n) is 7.74. The first-order valence-corrected chi connectivity index (χ1v) is 7.74. The van der Waals surface area contributed by atoms with Crippen LogP contribution in [-0.2, 0) is 0 Å². The van der Waals surface area contributed by atoms with E-state index in [-0.39, 0.29) is 12.7 Å². The molecule has 0 saturated carbocycles. The monoisotopic (exact) mass is 345 g/mol. The van der Waals surface area contributed by atoms with E-state index in [1.165, 1.54) is 14.2 Å². The third-order valence-corrected chi connectivity index (χ3v) is 3.66. The maximum absolute atomic E-state index is 12.4. The van der Waals surface area contributed by atoms with Crippen LogP contribution >= 0.6 is 0 Å². The lowest BCUT2D eigenvalue weighted by Gasteiger charge is -2.13. The number of benzene rings is 2. The molecule has 7 heteroatoms. The third-order valence-electron chi connectivity index (χ3n) is 3.66. The van der Waals surface area contributed by atoms with Gasteiger partial charge in [-0.05, 0) is 24.3 Å². The first-order chi connectivity index (χ1) is 12.2. The maximum Gasteiger partial charge on any atom is 0.258 e. The zero-order valence-corrected chi connectivity index (χ0v) is 14.0. The Hall–Kier alpha value is -3.09. The van der Waals surface area contributed by atoms with Gasteiger partial charge in [0.1, 0.15) is 29.4 Å². The average molecular weight is 345 g/mol. The van der Waals surface area contributed by atoms with Crippen LogP contribution in [0.25, 0.3) is 0 Å². The summed E-state index contributed by atoms with van der Waals surface area (Å²) in [6.45, 7) is 0.854. The summed E-state index contributed by atoms with van der Waals surface area (Å²) < 4.78 is 26.6. The highest BCUT2D eigenvalue weighted by Crippen LogP contribution is 2.35. The van der Waals surface area contributed by atoms with Crippen LogP contribution in [0, 0.1) is 0 Å². The maximum atomic E-state index is 12.4. The highest BCUT2D eigenvalue weighted by Gasteiger charge is 2.18. The SMILES string of the molecule is COc1cccc(OC)c1C(=O)NCCOc1ccc2c(c1)OCO2. The molecular formula is C18H19NO6. The zero-order valence-electron chi connectivity index (χ0n) is 14.0. The number of methoxy groups -OCH3 is 2. The lowest BCUT2D eigenvalue weighted by atomic mass is 10.1. The normalized spacial score (nSPS) is 11.8. The predicted octanol–water partition coefficient (Wildman–Crippen LogP) is 2.24. The minimum atomic E-state index is -0.288. The topological polar surface area (TPSA) is 75.3 Å². The largest absolute Gasteiger partial charge is 0.496 e. The second kappa shape index (κ2) is 7.65. The highest BCUT2D eigenvalue weighted by molar-refractivity contribution is 5.99. The van der Waals surface area contributed by atoms with Crippen LogP contribution in [0.2, 0.25) is 0 Å². The number of carbonyl (C=O) groups excluding carboxylic acids is 1. The van der Waals surface area contributed by atoms with Gasteiger partial charge in [0.2, 0.25) is 6.79 Å². The summed E-state index contributed by atoms with van der Waals surface area (Å²) in [7, 11) is 3.02. The van der Waals surface area contributed by atoms with Gasteiger partial charge in [0.25, 0.3) is 5.91 Å². The zero-order chi connectivity index (χ0) is 17.6. The van der Waals surface area contributed by atoms with Crippen molar-refractivity contribution < 1.29 is 28.5 Å². The molecule has 2 aromatic carbocycles. The van der Waals surface area contributed by atoms with E-state index >= 15 is 0 Å². The highest BCUT2D eigenvalue weighted by atomic mass is 16.7. The van der Waals surface area contributed by atoms with Crippen LogP contribution in [-0.4, -0.2) is 40.1 Å². The molecule has 1 N–H and O–H groups in total. The van der Waals surface area contributed by atoms with E-state index < -0.39 is 0 Å². The van der Waals surface area contributed by atoms with Gasteiger partial charge in [-0.1, -0.05) is 6.07 Å². The molecule has 1 aliphatic rings. The minimum Gasteiger partial charge on any atom is -0.496 e. The van der Waals surface area contributed by atoms with Crippen molar-refractivity contribution in [1.29, 1.82) is 0 Å². The number of hydrogen-bond donors (Lipinski definition) is 1. The van der Waals surface area contributed by atoms with E-state index in [1.54, 1.807) is 36.4 Å². The fourth-order valence-electron chi connectivity index (χ4n) is 2.46. The van der Waals surface area contributed by atoms with Gasteiger partial charge in [-0.15, -0.1) is 0 Å². The molecule has 0 bridgehead atoms. The van der Waals surface area contributed by atoms with Crippen LogP contribution < -0.4 is 29.0 Å². The summed E-state index contributed by atoms with van der Waals surface area (Å²) in [5.41, 5.74) is 0.357. The Morgan fingerprint density at radius 3 is 2.52 bits per heavy atom. The smallest absolute Gasteiger partial charge is 0.258 e. The Morgan fingerprint density at radius 2 is 1.80 bits per heavy atom. The van der Waals surface area contributed by atoms with E-state index in [9.17, 15) is 4.79 Å². The van der Waals surface area contributed by atoms with Crippen molar-refractivity contribution in [2.45, 2.75) is 0 Å². The molecule has 0 unspecified atom stereocenters. The summed E-state index contributed by atoms with van der Waals surface area (Å²) in [6.07, 6.45) is 0. The Balaban J connectivity index is 1.55. The van der Waals surface area contributed by atoms with Crippen LogP contribution in [0.15, 0.2) is 36.4 Å². The lowest BCUT2D eigenvalue weighted by Crippen LogP contribution is -2.28. The molecule has 2 aromatic rings. The number of nitrogens with one attached hydrogen (secondary N) is 1. The predicted molar refractivity (Wildman–Crippen MR) is 89.9 cm³/mol. The number of fused-ring (bicyclic) bond motifs is 1. The van der Waals surface area contributed by atoms with Crippen LogP contribution in [0.3, 0.4) is 0 Å². The van der Waals surface area contributed by atoms with Crippen molar-refractivity contribution >= 4 is 5.91 Å². The summed E-state index contributed by atoms with van der Waals surface area (Å²) in [5, 5.41) is 2.79. The molecule has 0 spiro atoms. The van der Waals surface area contributed by atoms with Crippen molar-refractivity contribution in [2.24, 2.45) is 0 Å². The second-order valence-corrected chi connectivity index (χ2v) is 5.16. The molecule has 3 rings (SSSR count). The quantitative estimate of drug-likeness (QED) is 0.776. The van der Waals surface area contributed by atoms with Gasteiger partial charge < -0.3 is 29.0 Å². The fraction of sp³-hybridized carbons (Fsp3) is 0.278. The molecule has 0 aliphatic carbocycles. The Kier molecular flexibility index (Phi) is 5.13. The molecular weight excluding hydrogens is 326 g/mol. The minimum absolute atomic E-state index is 0.218. The number of hydrogen-bond acceptors (Lipinski definition) is 6. The molecule has 1 aliphatic heterocycles. The molecule has 7 nitrogen and oxygen atoms in total. The number of rotatable bonds is 7. The van der Waals surface area contributed by atoms with Crippen molar-refractivity contribution in [3.8, 4) is 28.7 Å². The first kappa shape index (κ1) is 16.8. The van der Waals surface area contributed by atoms with Gasteiger partial charge >= 0.3 is 0 Å². The average Bonchev–Trinajstić information content (AvgIpc) is 3.12. The summed E-state index contributed by atoms with van der Waals surface area (Å²) in [6, 6.07) is 10.5. The van der Waals surface area contributed by atoms with E-state index in [4.69, 9.17) is 23.7 Å². The van der Waals surface area contributed by atoms with Gasteiger partial charge in [0, 0.05) is 6.07 Å². The van der Waals surface area contributed by atoms with Crippen LogP contribution in [0.5, 0.6) is 28.7 Å². The Morgan fingerprint density at radius 1 is 1.08 bits per heavy atom. The van der Waals surface area contributed by atoms with E-state index in [0.29, 0.717) is 47.5 Å². The molecule has 0 radical (unpaired) electrons. The van der Waals surface area contributed by atoms with Crippen LogP contribution in [0.1, 0.15) is 10.4 Å². The number of amides is 1. The molecule has 1 heterocycles.